The second-order valence-electron chi connectivity index (χ2n) is 3.70. The summed E-state index contributed by atoms with van der Waals surface area (Å²) >= 11 is 0. The van der Waals surface area contributed by atoms with Gasteiger partial charge in [-0.15, -0.1) is 0 Å². The summed E-state index contributed by atoms with van der Waals surface area (Å²) in [5, 5.41) is 22.5. The molecule has 8 heteroatoms. The van der Waals surface area contributed by atoms with E-state index >= 15 is 0 Å². The highest BCUT2D eigenvalue weighted by Gasteiger charge is 2.34. The Labute approximate surface area is 110 Å². The van der Waals surface area contributed by atoms with Gasteiger partial charge in [0.2, 0.25) is 0 Å². The lowest BCUT2D eigenvalue weighted by atomic mass is 10.2. The van der Waals surface area contributed by atoms with Crippen molar-refractivity contribution in [3.05, 3.63) is 29.8 Å². The third kappa shape index (κ3) is 4.33. The van der Waals surface area contributed by atoms with E-state index in [-0.39, 0.29) is 17.9 Å². The topological polar surface area (TPSA) is 119 Å². The van der Waals surface area contributed by atoms with E-state index in [2.05, 4.69) is 5.32 Å². The molecule has 0 bridgehead atoms. The van der Waals surface area contributed by atoms with Crippen molar-refractivity contribution in [1.29, 1.82) is 0 Å². The summed E-state index contributed by atoms with van der Waals surface area (Å²) in [6.45, 7) is 0.866. The second-order valence-corrected chi connectivity index (χ2v) is 5.60. The van der Waals surface area contributed by atoms with Crippen LogP contribution < -0.4 is 10.4 Å². The lowest BCUT2D eigenvalue weighted by molar-refractivity contribution is -0.304. The maximum absolute atomic E-state index is 12.0. The molecular formula is C11H15NO6P-. The van der Waals surface area contributed by atoms with Gasteiger partial charge in [-0.2, -0.15) is 0 Å². The molecule has 0 aliphatic rings. The molecule has 7 nitrogen and oxygen atoms in total. The van der Waals surface area contributed by atoms with Gasteiger partial charge in [-0.1, -0.05) is 18.2 Å². The minimum atomic E-state index is -4.17. The number of phenols is 1. The van der Waals surface area contributed by atoms with Crippen molar-refractivity contribution in [3.63, 3.8) is 0 Å². The zero-order valence-electron chi connectivity index (χ0n) is 10.3. The molecule has 0 aromatic heterocycles. The molecule has 2 atom stereocenters. The van der Waals surface area contributed by atoms with Gasteiger partial charge in [-0.05, 0) is 13.0 Å². The van der Waals surface area contributed by atoms with E-state index in [1.54, 1.807) is 6.07 Å². The largest absolute Gasteiger partial charge is 0.549 e. The van der Waals surface area contributed by atoms with Gasteiger partial charge < -0.3 is 24.4 Å². The summed E-state index contributed by atoms with van der Waals surface area (Å²) in [6, 6.07) is 5.82. The minimum absolute atomic E-state index is 0.0229. The first-order valence-corrected chi connectivity index (χ1v) is 7.21. The summed E-state index contributed by atoms with van der Waals surface area (Å²) < 4.78 is 16.8. The van der Waals surface area contributed by atoms with E-state index in [4.69, 9.17) is 4.52 Å². The van der Waals surface area contributed by atoms with Crippen molar-refractivity contribution in [2.45, 2.75) is 12.7 Å². The number of hydrogen-bond donors (Lipinski definition) is 3. The van der Waals surface area contributed by atoms with Gasteiger partial charge in [0.05, 0.1) is 12.6 Å². The molecular weight excluding hydrogens is 273 g/mol. The van der Waals surface area contributed by atoms with Gasteiger partial charge in [0.25, 0.3) is 0 Å². The number of para-hydroxylation sites is 1. The highest BCUT2D eigenvalue weighted by atomic mass is 31.2. The Balaban J connectivity index is 3.09. The molecule has 0 aliphatic heterocycles. The predicted octanol–water partition coefficient (Wildman–Crippen LogP) is -0.0478. The molecule has 106 valence electrons. The van der Waals surface area contributed by atoms with Crippen LogP contribution in [0.2, 0.25) is 0 Å². The maximum Gasteiger partial charge on any atom is 0.349 e. The van der Waals surface area contributed by atoms with Gasteiger partial charge in [0.15, 0.2) is 0 Å². The smallest absolute Gasteiger partial charge is 0.349 e. The van der Waals surface area contributed by atoms with Crippen LogP contribution >= 0.6 is 7.60 Å². The molecule has 0 saturated carbocycles. The Morgan fingerprint density at radius 1 is 1.53 bits per heavy atom. The van der Waals surface area contributed by atoms with Crippen molar-refractivity contribution in [1.82, 2.24) is 5.32 Å². The van der Waals surface area contributed by atoms with E-state index < -0.39 is 25.9 Å². The average Bonchev–Trinajstić information content (AvgIpc) is 2.30. The first-order chi connectivity index (χ1) is 8.88. The number of carboxylic acids is 1. The van der Waals surface area contributed by atoms with E-state index in [1.807, 2.05) is 0 Å². The van der Waals surface area contributed by atoms with E-state index in [0.29, 0.717) is 0 Å². The SMILES string of the molecule is CCOP(=O)(O)C(NCC(=O)[O-])c1ccccc1O. The fourth-order valence-corrected chi connectivity index (χ4v) is 2.97. The number of hydrogen-bond acceptors (Lipinski definition) is 6. The van der Waals surface area contributed by atoms with Crippen molar-refractivity contribution in [3.8, 4) is 5.75 Å². The number of carbonyl (C=O) groups excluding carboxylic acids is 1. The van der Waals surface area contributed by atoms with Crippen LogP contribution in [0.1, 0.15) is 18.3 Å². The molecule has 0 radical (unpaired) electrons. The van der Waals surface area contributed by atoms with Gasteiger partial charge in [0.1, 0.15) is 11.5 Å². The number of benzene rings is 1. The van der Waals surface area contributed by atoms with E-state index in [0.717, 1.165) is 0 Å². The van der Waals surface area contributed by atoms with Crippen LogP contribution in [0, 0.1) is 0 Å². The fourth-order valence-electron chi connectivity index (χ4n) is 1.56. The number of rotatable bonds is 7. The highest BCUT2D eigenvalue weighted by Crippen LogP contribution is 2.56. The second kappa shape index (κ2) is 6.68. The van der Waals surface area contributed by atoms with E-state index in [1.165, 1.54) is 25.1 Å². The standard InChI is InChI=1S/C11H16NO6P/c1-2-18-19(16,17)11(12-7-10(14)15)8-5-3-4-6-9(8)13/h3-6,11-13H,2,7H2,1H3,(H,14,15)(H,16,17)/p-1. The summed E-state index contributed by atoms with van der Waals surface area (Å²) in [5.74, 6) is -3.00. The number of carboxylic acid groups (broad SMARTS) is 1. The van der Waals surface area contributed by atoms with Crippen LogP contribution in [0.3, 0.4) is 0 Å². The fraction of sp³-hybridized carbons (Fsp3) is 0.364. The van der Waals surface area contributed by atoms with Crippen LogP contribution in [-0.4, -0.2) is 29.1 Å². The average molecular weight is 288 g/mol. The Hall–Kier alpha value is -1.40. The number of nitrogens with one attached hydrogen (secondary N) is 1. The first kappa shape index (κ1) is 15.7. The van der Waals surface area contributed by atoms with Gasteiger partial charge in [-0.25, -0.2) is 0 Å². The third-order valence-electron chi connectivity index (χ3n) is 2.31. The minimum Gasteiger partial charge on any atom is -0.549 e. The lowest BCUT2D eigenvalue weighted by Gasteiger charge is -2.24. The maximum atomic E-state index is 12.0. The molecule has 1 aromatic rings. The van der Waals surface area contributed by atoms with E-state index in [9.17, 15) is 24.5 Å². The molecule has 0 aliphatic carbocycles. The van der Waals surface area contributed by atoms with Crippen LogP contribution in [0.25, 0.3) is 0 Å². The first-order valence-electron chi connectivity index (χ1n) is 5.56. The predicted molar refractivity (Wildman–Crippen MR) is 65.3 cm³/mol. The highest BCUT2D eigenvalue weighted by molar-refractivity contribution is 7.53. The summed E-state index contributed by atoms with van der Waals surface area (Å²) in [5.41, 5.74) is 0.0861. The molecule has 1 aromatic carbocycles. The molecule has 1 rings (SSSR count). The summed E-state index contributed by atoms with van der Waals surface area (Å²) in [4.78, 5) is 20.3. The van der Waals surface area contributed by atoms with Gasteiger partial charge in [0, 0.05) is 12.1 Å². The summed E-state index contributed by atoms with van der Waals surface area (Å²) in [6.07, 6.45) is 0. The van der Waals surface area contributed by atoms with Crippen LogP contribution in [0.4, 0.5) is 0 Å². The molecule has 19 heavy (non-hydrogen) atoms. The normalized spacial score (nSPS) is 15.7. The lowest BCUT2D eigenvalue weighted by Crippen LogP contribution is -2.36. The van der Waals surface area contributed by atoms with Crippen molar-refractivity contribution in [2.75, 3.05) is 13.2 Å². The zero-order chi connectivity index (χ0) is 14.5. The Morgan fingerprint density at radius 2 is 2.16 bits per heavy atom. The Morgan fingerprint density at radius 3 is 2.68 bits per heavy atom. The Kier molecular flexibility index (Phi) is 5.50. The molecule has 0 amide bonds. The van der Waals surface area contributed by atoms with Crippen LogP contribution in [0.15, 0.2) is 24.3 Å². The number of aromatic hydroxyl groups is 1. The summed E-state index contributed by atoms with van der Waals surface area (Å²) in [7, 11) is -4.17. The van der Waals surface area contributed by atoms with Crippen LogP contribution in [-0.2, 0) is 13.9 Å². The number of aliphatic carboxylic acids is 1. The zero-order valence-corrected chi connectivity index (χ0v) is 11.2. The van der Waals surface area contributed by atoms with Crippen molar-refractivity contribution >= 4 is 13.6 Å². The molecule has 0 fully saturated rings. The third-order valence-corrected chi connectivity index (χ3v) is 4.05. The molecule has 0 spiro atoms. The molecule has 3 N–H and O–H groups in total. The number of carbonyl (C=O) groups is 1. The van der Waals surface area contributed by atoms with Gasteiger partial charge >= 0.3 is 7.60 Å². The van der Waals surface area contributed by atoms with Crippen molar-refractivity contribution in [2.24, 2.45) is 0 Å². The molecule has 2 unspecified atom stereocenters. The monoisotopic (exact) mass is 288 g/mol. The van der Waals surface area contributed by atoms with Crippen molar-refractivity contribution < 1.29 is 29.0 Å². The van der Waals surface area contributed by atoms with Gasteiger partial charge in [-0.3, -0.25) is 9.88 Å². The quantitative estimate of drug-likeness (QED) is 0.602. The Bertz CT molecular complexity index is 492. The number of phenolic OH excluding ortho intramolecular Hbond substituents is 1. The van der Waals surface area contributed by atoms with Crippen LogP contribution in [0.5, 0.6) is 5.75 Å². The molecule has 0 heterocycles. The molecule has 0 saturated heterocycles.